The van der Waals surface area contributed by atoms with Gasteiger partial charge in [-0.3, -0.25) is 0 Å². The lowest BCUT2D eigenvalue weighted by molar-refractivity contribution is 0.106. The van der Waals surface area contributed by atoms with Crippen LogP contribution in [0.3, 0.4) is 0 Å². The fraction of sp³-hybridized carbons (Fsp3) is 0.684. The Bertz CT molecular complexity index is 581. The molecule has 9 atom stereocenters. The second kappa shape index (κ2) is 3.16. The highest BCUT2D eigenvalue weighted by atomic mass is 15.0. The van der Waals surface area contributed by atoms with Gasteiger partial charge in [0.1, 0.15) is 0 Å². The van der Waals surface area contributed by atoms with Crippen molar-refractivity contribution in [2.75, 3.05) is 6.54 Å². The molecule has 104 valence electrons. The molecule has 6 fully saturated rings. The molecule has 0 spiro atoms. The van der Waals surface area contributed by atoms with Crippen molar-refractivity contribution in [3.63, 3.8) is 0 Å². The molecule has 1 nitrogen and oxygen atoms in total. The van der Waals surface area contributed by atoms with Gasteiger partial charge in [0.2, 0.25) is 0 Å². The molecule has 6 aliphatic rings. The third-order valence-corrected chi connectivity index (χ3v) is 8.20. The number of nitrogens with one attached hydrogen (secondary N) is 1. The van der Waals surface area contributed by atoms with Gasteiger partial charge in [0.25, 0.3) is 0 Å². The molecule has 0 amide bonds. The Hall–Kier alpha value is -0.820. The predicted molar refractivity (Wildman–Crippen MR) is 79.2 cm³/mol. The summed E-state index contributed by atoms with van der Waals surface area (Å²) in [5.41, 5.74) is 2.20. The molecular weight excluding hydrogens is 242 g/mol. The van der Waals surface area contributed by atoms with Gasteiger partial charge in [0.05, 0.1) is 0 Å². The zero-order chi connectivity index (χ0) is 13.1. The van der Waals surface area contributed by atoms with Crippen LogP contribution in [0.25, 0.3) is 0 Å². The Balaban J connectivity index is 1.61. The molecule has 0 radical (unpaired) electrons. The van der Waals surface area contributed by atoms with Gasteiger partial charge >= 0.3 is 0 Å². The third-order valence-electron chi connectivity index (χ3n) is 8.20. The number of likely N-dealkylation sites (N-methyl/N-ethyl adjacent to an activating group) is 1. The van der Waals surface area contributed by atoms with E-state index in [0.29, 0.717) is 5.41 Å². The largest absolute Gasteiger partial charge is 0.313 e. The van der Waals surface area contributed by atoms with Crippen LogP contribution in [-0.2, 0) is 5.41 Å². The summed E-state index contributed by atoms with van der Waals surface area (Å²) in [4.78, 5) is 0. The van der Waals surface area contributed by atoms with Crippen molar-refractivity contribution >= 4 is 0 Å². The SMILES string of the molecule is CCN[C@H]1C2C3CC4C5CC(C42)C1(c1ccccc1)C53. The predicted octanol–water partition coefficient (Wildman–Crippen LogP) is 3.06. The van der Waals surface area contributed by atoms with E-state index in [4.69, 9.17) is 0 Å². The maximum absolute atomic E-state index is 3.96. The summed E-state index contributed by atoms with van der Waals surface area (Å²) >= 11 is 0. The Kier molecular flexibility index (Phi) is 1.72. The fourth-order valence-corrected chi connectivity index (χ4v) is 8.50. The van der Waals surface area contributed by atoms with Gasteiger partial charge in [-0.2, -0.15) is 0 Å². The minimum atomic E-state index is 0.523. The van der Waals surface area contributed by atoms with Crippen LogP contribution in [-0.4, -0.2) is 12.6 Å². The number of benzene rings is 1. The molecule has 0 heterocycles. The second-order valence-corrected chi connectivity index (χ2v) is 8.08. The van der Waals surface area contributed by atoms with Gasteiger partial charge in [-0.15, -0.1) is 0 Å². The van der Waals surface area contributed by atoms with Gasteiger partial charge in [-0.25, -0.2) is 0 Å². The first-order chi connectivity index (χ1) is 9.89. The van der Waals surface area contributed by atoms with Crippen molar-refractivity contribution in [2.24, 2.45) is 41.4 Å². The highest BCUT2D eigenvalue weighted by Crippen LogP contribution is 2.86. The molecule has 1 aromatic carbocycles. The van der Waals surface area contributed by atoms with Crippen LogP contribution in [0.4, 0.5) is 0 Å². The highest BCUT2D eigenvalue weighted by Gasteiger charge is 2.86. The maximum atomic E-state index is 3.96. The molecule has 0 saturated heterocycles. The first-order valence-corrected chi connectivity index (χ1v) is 8.68. The molecular formula is C19H23N. The molecule has 1 heteroatoms. The van der Waals surface area contributed by atoms with E-state index < -0.39 is 0 Å². The number of hydrogen-bond donors (Lipinski definition) is 1. The monoisotopic (exact) mass is 265 g/mol. The van der Waals surface area contributed by atoms with E-state index >= 15 is 0 Å². The van der Waals surface area contributed by atoms with Crippen molar-refractivity contribution in [3.8, 4) is 0 Å². The minimum Gasteiger partial charge on any atom is -0.313 e. The smallest absolute Gasteiger partial charge is 0.0203 e. The highest BCUT2D eigenvalue weighted by molar-refractivity contribution is 5.46. The minimum absolute atomic E-state index is 0.523. The van der Waals surface area contributed by atoms with Crippen molar-refractivity contribution in [2.45, 2.75) is 31.2 Å². The Morgan fingerprint density at radius 2 is 1.90 bits per heavy atom. The van der Waals surface area contributed by atoms with Gasteiger partial charge in [0.15, 0.2) is 0 Å². The molecule has 0 aromatic heterocycles. The van der Waals surface area contributed by atoms with Crippen molar-refractivity contribution in [3.05, 3.63) is 35.9 Å². The van der Waals surface area contributed by atoms with Crippen LogP contribution in [0, 0.1) is 41.4 Å². The zero-order valence-electron chi connectivity index (χ0n) is 12.1. The Labute approximate surface area is 121 Å². The van der Waals surface area contributed by atoms with E-state index in [9.17, 15) is 0 Å². The molecule has 20 heavy (non-hydrogen) atoms. The van der Waals surface area contributed by atoms with Crippen LogP contribution in [0.5, 0.6) is 0 Å². The van der Waals surface area contributed by atoms with Gasteiger partial charge < -0.3 is 5.32 Å². The molecule has 7 rings (SSSR count). The lowest BCUT2D eigenvalue weighted by atomic mass is 9.60. The van der Waals surface area contributed by atoms with Gasteiger partial charge in [-0.1, -0.05) is 37.3 Å². The van der Waals surface area contributed by atoms with Crippen LogP contribution in [0.15, 0.2) is 30.3 Å². The van der Waals surface area contributed by atoms with Gasteiger partial charge in [-0.05, 0) is 66.4 Å². The first-order valence-electron chi connectivity index (χ1n) is 8.68. The Morgan fingerprint density at radius 3 is 2.70 bits per heavy atom. The molecule has 6 bridgehead atoms. The quantitative estimate of drug-likeness (QED) is 0.885. The van der Waals surface area contributed by atoms with Crippen LogP contribution in [0.1, 0.15) is 25.3 Å². The third kappa shape index (κ3) is 0.817. The summed E-state index contributed by atoms with van der Waals surface area (Å²) in [6, 6.07) is 12.4. The van der Waals surface area contributed by atoms with E-state index in [0.717, 1.165) is 54.0 Å². The number of hydrogen-bond acceptors (Lipinski definition) is 1. The maximum Gasteiger partial charge on any atom is 0.0203 e. The molecule has 6 aliphatic carbocycles. The summed E-state index contributed by atoms with van der Waals surface area (Å²) in [7, 11) is 0. The fourth-order valence-electron chi connectivity index (χ4n) is 8.50. The van der Waals surface area contributed by atoms with E-state index in [1.165, 1.54) is 0 Å². The first kappa shape index (κ1) is 10.8. The van der Waals surface area contributed by atoms with E-state index in [2.05, 4.69) is 42.6 Å². The van der Waals surface area contributed by atoms with Crippen LogP contribution in [0.2, 0.25) is 0 Å². The normalized spacial score (nSPS) is 59.5. The number of rotatable bonds is 3. The topological polar surface area (TPSA) is 12.0 Å². The average Bonchev–Trinajstić information content (AvgIpc) is 3.18. The molecule has 6 saturated carbocycles. The van der Waals surface area contributed by atoms with E-state index in [1.54, 1.807) is 18.4 Å². The molecule has 1 N–H and O–H groups in total. The van der Waals surface area contributed by atoms with Crippen molar-refractivity contribution < 1.29 is 0 Å². The zero-order valence-corrected chi connectivity index (χ0v) is 12.1. The van der Waals surface area contributed by atoms with E-state index in [1.807, 2.05) is 0 Å². The Morgan fingerprint density at radius 1 is 1.05 bits per heavy atom. The van der Waals surface area contributed by atoms with E-state index in [-0.39, 0.29) is 0 Å². The van der Waals surface area contributed by atoms with Crippen LogP contribution >= 0.6 is 0 Å². The lowest BCUT2D eigenvalue weighted by Crippen LogP contribution is -2.48. The standard InChI is InChI=1S/C19H23N/c1-2-20-18-16-13-8-11-12-9-14(15(11)16)19(18,17(12)13)10-6-4-3-5-7-10/h3-7,11-18,20H,2,8-9H2,1H3/t11?,12?,13?,14?,15?,16?,17?,18-,19?/m0/s1. The summed E-state index contributed by atoms with van der Waals surface area (Å²) in [6.07, 6.45) is 3.14. The lowest BCUT2D eigenvalue weighted by Gasteiger charge is -2.44. The summed E-state index contributed by atoms with van der Waals surface area (Å²) in [5, 5.41) is 3.96. The summed E-state index contributed by atoms with van der Waals surface area (Å²) in [6.45, 7) is 3.44. The average molecular weight is 265 g/mol. The van der Waals surface area contributed by atoms with Crippen molar-refractivity contribution in [1.82, 2.24) is 5.32 Å². The van der Waals surface area contributed by atoms with Crippen molar-refractivity contribution in [1.29, 1.82) is 0 Å². The summed E-state index contributed by atoms with van der Waals surface area (Å²) in [5.74, 6) is 7.43. The molecule has 1 aromatic rings. The van der Waals surface area contributed by atoms with Crippen LogP contribution < -0.4 is 5.32 Å². The summed E-state index contributed by atoms with van der Waals surface area (Å²) < 4.78 is 0. The molecule has 8 unspecified atom stereocenters. The second-order valence-electron chi connectivity index (χ2n) is 8.08. The molecule has 0 aliphatic heterocycles. The van der Waals surface area contributed by atoms with Gasteiger partial charge in [0, 0.05) is 11.5 Å².